The first-order chi connectivity index (χ1) is 12.7. The van der Waals surface area contributed by atoms with Crippen LogP contribution in [0.15, 0.2) is 35.6 Å². The first kappa shape index (κ1) is 18.4. The molecule has 1 unspecified atom stereocenters. The van der Waals surface area contributed by atoms with E-state index >= 15 is 0 Å². The molecule has 0 fully saturated rings. The van der Waals surface area contributed by atoms with E-state index in [9.17, 15) is 0 Å². The Hall–Kier alpha value is -2.37. The SMILES string of the molecule is CN=C(NCCCc1ccc(C(C)C)cc1)NC1CCc2ncnn2C1. The highest BCUT2D eigenvalue weighted by molar-refractivity contribution is 5.79. The summed E-state index contributed by atoms with van der Waals surface area (Å²) >= 11 is 0. The first-order valence-electron chi connectivity index (χ1n) is 9.58. The summed E-state index contributed by atoms with van der Waals surface area (Å²) in [5, 5.41) is 11.2. The summed E-state index contributed by atoms with van der Waals surface area (Å²) < 4.78 is 1.98. The number of aromatic nitrogens is 3. The maximum atomic E-state index is 4.35. The van der Waals surface area contributed by atoms with Gasteiger partial charge in [-0.3, -0.25) is 4.99 Å². The molecule has 2 heterocycles. The maximum absolute atomic E-state index is 4.35. The van der Waals surface area contributed by atoms with Crippen molar-refractivity contribution in [1.82, 2.24) is 25.4 Å². The minimum absolute atomic E-state index is 0.346. The molecule has 0 spiro atoms. The second-order valence-corrected chi connectivity index (χ2v) is 7.24. The van der Waals surface area contributed by atoms with E-state index in [-0.39, 0.29) is 0 Å². The molecule has 2 N–H and O–H groups in total. The minimum Gasteiger partial charge on any atom is -0.356 e. The van der Waals surface area contributed by atoms with E-state index in [0.717, 1.165) is 50.6 Å². The van der Waals surface area contributed by atoms with Gasteiger partial charge in [0.25, 0.3) is 0 Å². The highest BCUT2D eigenvalue weighted by atomic mass is 15.4. The van der Waals surface area contributed by atoms with Crippen LogP contribution in [-0.2, 0) is 19.4 Å². The number of fused-ring (bicyclic) bond motifs is 1. The minimum atomic E-state index is 0.346. The predicted octanol–water partition coefficient (Wildman–Crippen LogP) is 2.51. The van der Waals surface area contributed by atoms with Crippen LogP contribution >= 0.6 is 0 Å². The molecule has 1 aliphatic rings. The van der Waals surface area contributed by atoms with Crippen LogP contribution in [0.2, 0.25) is 0 Å². The first-order valence-corrected chi connectivity index (χ1v) is 9.58. The van der Waals surface area contributed by atoms with E-state index in [0.29, 0.717) is 12.0 Å². The fourth-order valence-corrected chi connectivity index (χ4v) is 3.31. The van der Waals surface area contributed by atoms with Crippen molar-refractivity contribution < 1.29 is 0 Å². The van der Waals surface area contributed by atoms with E-state index in [4.69, 9.17) is 0 Å². The number of guanidine groups is 1. The van der Waals surface area contributed by atoms with Crippen LogP contribution in [0.1, 0.15) is 49.6 Å². The Morgan fingerprint density at radius 1 is 1.31 bits per heavy atom. The molecule has 1 aromatic carbocycles. The number of aryl methyl sites for hydroxylation is 2. The Kier molecular flexibility index (Phi) is 6.26. The Balaban J connectivity index is 1.39. The van der Waals surface area contributed by atoms with E-state index in [1.807, 2.05) is 11.7 Å². The van der Waals surface area contributed by atoms with E-state index < -0.39 is 0 Å². The molecular formula is C20H30N6. The van der Waals surface area contributed by atoms with Crippen LogP contribution in [0.5, 0.6) is 0 Å². The molecule has 0 amide bonds. The molecule has 0 aliphatic carbocycles. The van der Waals surface area contributed by atoms with Crippen molar-refractivity contribution in [1.29, 1.82) is 0 Å². The molecule has 140 valence electrons. The normalized spacial score (nSPS) is 17.2. The standard InChI is InChI=1S/C20H30N6/c1-15(2)17-8-6-16(7-9-17)5-4-12-22-20(21-3)25-18-10-11-19-23-14-24-26(19)13-18/h6-9,14-15,18H,4-5,10-13H2,1-3H3,(H2,21,22,25). The van der Waals surface area contributed by atoms with Crippen LogP contribution in [0.25, 0.3) is 0 Å². The summed E-state index contributed by atoms with van der Waals surface area (Å²) in [5.41, 5.74) is 2.80. The van der Waals surface area contributed by atoms with Gasteiger partial charge in [0, 0.05) is 26.1 Å². The average Bonchev–Trinajstić information content (AvgIpc) is 3.12. The van der Waals surface area contributed by atoms with Crippen molar-refractivity contribution in [3.8, 4) is 0 Å². The summed E-state index contributed by atoms with van der Waals surface area (Å²) in [7, 11) is 1.82. The molecular weight excluding hydrogens is 324 g/mol. The van der Waals surface area contributed by atoms with Crippen molar-refractivity contribution in [2.45, 2.75) is 58.0 Å². The topological polar surface area (TPSA) is 67.1 Å². The van der Waals surface area contributed by atoms with Crippen LogP contribution in [0.3, 0.4) is 0 Å². The molecule has 1 atom stereocenters. The molecule has 6 heteroatoms. The van der Waals surface area contributed by atoms with Gasteiger partial charge in [-0.05, 0) is 36.3 Å². The summed E-state index contributed by atoms with van der Waals surface area (Å²) in [6.45, 7) is 6.21. The zero-order valence-electron chi connectivity index (χ0n) is 16.1. The number of nitrogens with one attached hydrogen (secondary N) is 2. The third-order valence-corrected chi connectivity index (χ3v) is 4.95. The summed E-state index contributed by atoms with van der Waals surface area (Å²) in [4.78, 5) is 8.62. The van der Waals surface area contributed by atoms with Crippen molar-refractivity contribution in [3.63, 3.8) is 0 Å². The highest BCUT2D eigenvalue weighted by Gasteiger charge is 2.20. The van der Waals surface area contributed by atoms with Crippen molar-refractivity contribution in [2.24, 2.45) is 4.99 Å². The van der Waals surface area contributed by atoms with E-state index in [2.05, 4.69) is 63.8 Å². The third-order valence-electron chi connectivity index (χ3n) is 4.95. The fraction of sp³-hybridized carbons (Fsp3) is 0.550. The second-order valence-electron chi connectivity index (χ2n) is 7.24. The van der Waals surface area contributed by atoms with Crippen molar-refractivity contribution >= 4 is 5.96 Å². The van der Waals surface area contributed by atoms with Crippen LogP contribution < -0.4 is 10.6 Å². The number of benzene rings is 1. The molecule has 26 heavy (non-hydrogen) atoms. The summed E-state index contributed by atoms with van der Waals surface area (Å²) in [5.74, 6) is 2.54. The Morgan fingerprint density at radius 2 is 2.12 bits per heavy atom. The lowest BCUT2D eigenvalue weighted by atomic mass is 10.0. The van der Waals surface area contributed by atoms with Gasteiger partial charge >= 0.3 is 0 Å². The molecule has 0 bridgehead atoms. The van der Waals surface area contributed by atoms with Gasteiger partial charge in [0.1, 0.15) is 12.2 Å². The Bertz CT molecular complexity index is 716. The van der Waals surface area contributed by atoms with Gasteiger partial charge in [-0.1, -0.05) is 38.1 Å². The van der Waals surface area contributed by atoms with Crippen molar-refractivity contribution in [3.05, 3.63) is 47.5 Å². The number of aliphatic imine (C=N–C) groups is 1. The predicted molar refractivity (Wildman–Crippen MR) is 105 cm³/mol. The Labute approximate surface area is 156 Å². The lowest BCUT2D eigenvalue weighted by Gasteiger charge is -2.25. The molecule has 0 saturated heterocycles. The molecule has 6 nitrogen and oxygen atoms in total. The fourth-order valence-electron chi connectivity index (χ4n) is 3.31. The number of nitrogens with zero attached hydrogens (tertiary/aromatic N) is 4. The van der Waals surface area contributed by atoms with Crippen LogP contribution in [0.4, 0.5) is 0 Å². The van der Waals surface area contributed by atoms with Gasteiger partial charge in [-0.2, -0.15) is 5.10 Å². The zero-order chi connectivity index (χ0) is 18.4. The molecule has 1 aromatic heterocycles. The lowest BCUT2D eigenvalue weighted by Crippen LogP contribution is -2.47. The molecule has 3 rings (SSSR count). The third kappa shape index (κ3) is 4.84. The zero-order valence-corrected chi connectivity index (χ0v) is 16.1. The monoisotopic (exact) mass is 354 g/mol. The van der Waals surface area contributed by atoms with Gasteiger partial charge in [-0.25, -0.2) is 9.67 Å². The van der Waals surface area contributed by atoms with Gasteiger partial charge in [0.05, 0.1) is 6.54 Å². The van der Waals surface area contributed by atoms with Gasteiger partial charge < -0.3 is 10.6 Å². The van der Waals surface area contributed by atoms with E-state index in [1.54, 1.807) is 6.33 Å². The number of hydrogen-bond acceptors (Lipinski definition) is 3. The molecule has 1 aliphatic heterocycles. The average molecular weight is 355 g/mol. The van der Waals surface area contributed by atoms with Gasteiger partial charge in [-0.15, -0.1) is 0 Å². The molecule has 0 radical (unpaired) electrons. The Morgan fingerprint density at radius 3 is 2.85 bits per heavy atom. The number of rotatable bonds is 6. The smallest absolute Gasteiger partial charge is 0.191 e. The second kappa shape index (κ2) is 8.83. The summed E-state index contributed by atoms with van der Waals surface area (Å²) in [6, 6.07) is 9.34. The maximum Gasteiger partial charge on any atom is 0.191 e. The highest BCUT2D eigenvalue weighted by Crippen LogP contribution is 2.15. The van der Waals surface area contributed by atoms with Crippen molar-refractivity contribution in [2.75, 3.05) is 13.6 Å². The number of hydrogen-bond donors (Lipinski definition) is 2. The van der Waals surface area contributed by atoms with Gasteiger partial charge in [0.15, 0.2) is 5.96 Å². The van der Waals surface area contributed by atoms with Gasteiger partial charge in [0.2, 0.25) is 0 Å². The molecule has 0 saturated carbocycles. The largest absolute Gasteiger partial charge is 0.356 e. The lowest BCUT2D eigenvalue weighted by molar-refractivity contribution is 0.392. The van der Waals surface area contributed by atoms with Crippen LogP contribution in [-0.4, -0.2) is 40.4 Å². The quantitative estimate of drug-likeness (QED) is 0.475. The van der Waals surface area contributed by atoms with Crippen LogP contribution in [0, 0.1) is 0 Å². The molecule has 2 aromatic rings. The van der Waals surface area contributed by atoms with E-state index in [1.165, 1.54) is 11.1 Å². The summed E-state index contributed by atoms with van der Waals surface area (Å²) in [6.07, 6.45) is 5.81.